The maximum atomic E-state index is 14.1. The first kappa shape index (κ1) is 25.1. The molecule has 0 saturated carbocycles. The summed E-state index contributed by atoms with van der Waals surface area (Å²) in [6.07, 6.45) is 0.591. The Morgan fingerprint density at radius 3 is 2.71 bits per heavy atom. The molecule has 7 heteroatoms. The van der Waals surface area contributed by atoms with Crippen LogP contribution < -0.4 is 4.74 Å². The van der Waals surface area contributed by atoms with Crippen LogP contribution in [0.4, 0.5) is 8.78 Å². The molecule has 4 nitrogen and oxygen atoms in total. The van der Waals surface area contributed by atoms with E-state index in [9.17, 15) is 13.6 Å². The molecule has 0 unspecified atom stereocenters. The molecule has 1 N–H and O–H groups in total. The number of alkyl halides is 2. The molecule has 1 heterocycles. The number of carbonyl (C=O) groups is 1. The van der Waals surface area contributed by atoms with Gasteiger partial charge in [-0.2, -0.15) is 29.8 Å². The summed E-state index contributed by atoms with van der Waals surface area (Å²) in [7, 11) is 0. The molecular weight excluding hydrogens is 441 g/mol. The number of benzene rings is 2. The van der Waals surface area contributed by atoms with Gasteiger partial charge in [-0.15, -0.1) is 5.56 Å². The van der Waals surface area contributed by atoms with Crippen LogP contribution in [0.3, 0.4) is 0 Å². The van der Waals surface area contributed by atoms with Gasteiger partial charge >= 0.3 is 5.97 Å². The third-order valence-electron chi connectivity index (χ3n) is 5.09. The first-order chi connectivity index (χ1) is 14.2. The topological polar surface area (TPSA) is 55.8 Å². The van der Waals surface area contributed by atoms with Gasteiger partial charge in [0.2, 0.25) is 0 Å². The van der Waals surface area contributed by atoms with Gasteiger partial charge in [0.1, 0.15) is 12.4 Å². The zero-order chi connectivity index (χ0) is 21.7. The summed E-state index contributed by atoms with van der Waals surface area (Å²) in [5.41, 5.74) is 4.33. The number of carboxylic acids is 1. The van der Waals surface area contributed by atoms with Crippen LogP contribution in [0.5, 0.6) is 5.75 Å². The molecular formula is C24H25F2O4V-. The van der Waals surface area contributed by atoms with Gasteiger partial charge in [-0.3, -0.25) is 4.79 Å². The third-order valence-corrected chi connectivity index (χ3v) is 5.09. The van der Waals surface area contributed by atoms with Crippen molar-refractivity contribution in [2.24, 2.45) is 0 Å². The number of carboxylic acid groups (broad SMARTS) is 1. The summed E-state index contributed by atoms with van der Waals surface area (Å²) in [5, 5.41) is 8.85. The maximum Gasteiger partial charge on any atom is 0.303 e. The van der Waals surface area contributed by atoms with Crippen molar-refractivity contribution >= 4 is 11.5 Å². The van der Waals surface area contributed by atoms with Gasteiger partial charge in [0.05, 0.1) is 13.2 Å². The molecule has 3 rings (SSSR count). The molecule has 0 atom stereocenters. The summed E-state index contributed by atoms with van der Waals surface area (Å²) in [6.45, 7) is 4.06. The number of hydrogen-bond donors (Lipinski definition) is 1. The number of aliphatic carboxylic acids is 1. The maximum absolute atomic E-state index is 14.1. The predicted octanol–water partition coefficient (Wildman–Crippen LogP) is 5.17. The zero-order valence-electron chi connectivity index (χ0n) is 17.6. The van der Waals surface area contributed by atoms with Crippen molar-refractivity contribution in [3.8, 4) is 5.75 Å². The van der Waals surface area contributed by atoms with Crippen molar-refractivity contribution in [3.05, 3.63) is 70.3 Å². The van der Waals surface area contributed by atoms with E-state index in [0.29, 0.717) is 24.5 Å². The third kappa shape index (κ3) is 6.92. The van der Waals surface area contributed by atoms with E-state index in [-0.39, 0.29) is 43.6 Å². The molecule has 1 aliphatic rings. The Bertz CT molecular complexity index is 934. The molecule has 0 aromatic heterocycles. The van der Waals surface area contributed by atoms with Crippen molar-refractivity contribution in [1.82, 2.24) is 0 Å². The predicted molar refractivity (Wildman–Crippen MR) is 110 cm³/mol. The van der Waals surface area contributed by atoms with Gasteiger partial charge in [-0.25, -0.2) is 8.78 Å². The van der Waals surface area contributed by atoms with Crippen molar-refractivity contribution in [3.63, 3.8) is 0 Å². The largest absolute Gasteiger partial charge is 0.489 e. The second-order valence-electron chi connectivity index (χ2n) is 7.53. The van der Waals surface area contributed by atoms with E-state index < -0.39 is 11.9 Å². The number of aryl methyl sites for hydroxylation is 2. The summed E-state index contributed by atoms with van der Waals surface area (Å²) in [4.78, 5) is 10.8. The Balaban J connectivity index is 0.00000341. The smallest absolute Gasteiger partial charge is 0.303 e. The van der Waals surface area contributed by atoms with Crippen LogP contribution in [0.15, 0.2) is 42.0 Å². The van der Waals surface area contributed by atoms with Gasteiger partial charge in [0.15, 0.2) is 0 Å². The second-order valence-corrected chi connectivity index (χ2v) is 7.53. The van der Waals surface area contributed by atoms with Crippen LogP contribution in [0.25, 0.3) is 5.57 Å². The fourth-order valence-electron chi connectivity index (χ4n) is 3.49. The molecule has 165 valence electrons. The van der Waals surface area contributed by atoms with E-state index in [4.69, 9.17) is 14.6 Å². The first-order valence-electron chi connectivity index (χ1n) is 9.87. The fourth-order valence-corrected chi connectivity index (χ4v) is 3.49. The van der Waals surface area contributed by atoms with E-state index in [2.05, 4.69) is 6.07 Å². The zero-order valence-corrected chi connectivity index (χ0v) is 19.0. The van der Waals surface area contributed by atoms with Crippen molar-refractivity contribution < 1.29 is 46.7 Å². The van der Waals surface area contributed by atoms with Crippen LogP contribution in [-0.4, -0.2) is 30.9 Å². The number of hydrogen-bond acceptors (Lipinski definition) is 3. The summed E-state index contributed by atoms with van der Waals surface area (Å²) >= 11 is 0. The first-order valence-corrected chi connectivity index (χ1v) is 9.87. The molecule has 0 saturated heterocycles. The molecule has 0 fully saturated rings. The summed E-state index contributed by atoms with van der Waals surface area (Å²) in [6, 6.07) is 13.6. The minimum atomic E-state index is -3.09. The molecule has 2 aromatic carbocycles. The van der Waals surface area contributed by atoms with E-state index >= 15 is 0 Å². The molecule has 0 bridgehead atoms. The van der Waals surface area contributed by atoms with E-state index in [1.165, 1.54) is 12.1 Å². The number of halogens is 2. The molecule has 0 amide bonds. The van der Waals surface area contributed by atoms with Gasteiger partial charge in [-0.05, 0) is 36.1 Å². The molecule has 31 heavy (non-hydrogen) atoms. The summed E-state index contributed by atoms with van der Waals surface area (Å²) in [5.74, 6) is -3.80. The van der Waals surface area contributed by atoms with Gasteiger partial charge in [-0.1, -0.05) is 18.6 Å². The molecule has 2 aromatic rings. The van der Waals surface area contributed by atoms with Gasteiger partial charge in [0, 0.05) is 37.5 Å². The van der Waals surface area contributed by atoms with Crippen molar-refractivity contribution in [2.45, 2.75) is 39.0 Å². The van der Waals surface area contributed by atoms with Gasteiger partial charge < -0.3 is 14.6 Å². The monoisotopic (exact) mass is 466 g/mol. The van der Waals surface area contributed by atoms with Crippen LogP contribution >= 0.6 is 0 Å². The van der Waals surface area contributed by atoms with Crippen molar-refractivity contribution in [1.29, 1.82) is 0 Å². The van der Waals surface area contributed by atoms with Crippen LogP contribution in [0.1, 0.15) is 42.0 Å². The standard InChI is InChI=1S/C24H25F2O4.V/c1-16-3-5-17(6-4-16)21-11-12-29-14-19(21)15-30-20-9-7-18(8-10-23(27)28)22(13-20)24(2,25)26;/h3,5-7,9,13H,8,10-12,14-15H2,1-2H3,(H,27,28);/q-1;. The Labute approximate surface area is 193 Å². The minimum Gasteiger partial charge on any atom is -0.489 e. The van der Waals surface area contributed by atoms with Crippen LogP contribution in [0, 0.1) is 13.0 Å². The molecule has 1 radical (unpaired) electrons. The normalized spacial score (nSPS) is 14.2. The summed E-state index contributed by atoms with van der Waals surface area (Å²) < 4.78 is 39.6. The average Bonchev–Trinajstić information content (AvgIpc) is 2.71. The van der Waals surface area contributed by atoms with E-state index in [1.807, 2.05) is 25.1 Å². The Kier molecular flexibility index (Phi) is 8.86. The molecule has 0 spiro atoms. The fraction of sp³-hybridized carbons (Fsp3) is 0.375. The average molecular weight is 466 g/mol. The molecule has 0 aliphatic carbocycles. The Hall–Kier alpha value is -2.15. The van der Waals surface area contributed by atoms with E-state index in [1.54, 1.807) is 6.07 Å². The van der Waals surface area contributed by atoms with E-state index in [0.717, 1.165) is 35.6 Å². The Morgan fingerprint density at radius 1 is 1.29 bits per heavy atom. The van der Waals surface area contributed by atoms with Crippen LogP contribution in [-0.2, 0) is 40.4 Å². The quantitative estimate of drug-likeness (QED) is 0.545. The van der Waals surface area contributed by atoms with Gasteiger partial charge in [0.25, 0.3) is 5.92 Å². The Morgan fingerprint density at radius 2 is 2.06 bits per heavy atom. The second kappa shape index (κ2) is 10.9. The van der Waals surface area contributed by atoms with Crippen molar-refractivity contribution in [2.75, 3.05) is 19.8 Å². The SMILES string of the molecule is Cc1[c-]cc(C2=C(COc3ccc(CCC(=O)O)c(C(C)(F)F)c3)COCC2)cc1.[V]. The minimum absolute atomic E-state index is 0. The molecule has 1 aliphatic heterocycles. The number of ether oxygens (including phenoxy) is 2. The van der Waals surface area contributed by atoms with Crippen LogP contribution in [0.2, 0.25) is 0 Å². The number of rotatable bonds is 8.